The fourth-order valence-corrected chi connectivity index (χ4v) is 3.17. The molecule has 4 rings (SSSR count). The number of aromatic amines is 1. The molecule has 132 valence electrons. The summed E-state index contributed by atoms with van der Waals surface area (Å²) in [6.45, 7) is 2.84. The van der Waals surface area contributed by atoms with Gasteiger partial charge in [-0.15, -0.1) is 0 Å². The fraction of sp³-hybridized carbons (Fsp3) is 0.211. The van der Waals surface area contributed by atoms with Crippen LogP contribution in [0.3, 0.4) is 0 Å². The van der Waals surface area contributed by atoms with E-state index < -0.39 is 5.95 Å². The lowest BCUT2D eigenvalue weighted by Gasteiger charge is -2.15. The summed E-state index contributed by atoms with van der Waals surface area (Å²) in [4.78, 5) is 23.3. The summed E-state index contributed by atoms with van der Waals surface area (Å²) in [6, 6.07) is 6.87. The van der Waals surface area contributed by atoms with E-state index in [0.29, 0.717) is 0 Å². The smallest absolute Gasteiger partial charge is 0.326 e. The number of anilines is 1. The third-order valence-corrected chi connectivity index (χ3v) is 4.50. The van der Waals surface area contributed by atoms with Gasteiger partial charge in [-0.05, 0) is 24.6 Å². The van der Waals surface area contributed by atoms with Crippen LogP contribution in [0.4, 0.5) is 10.1 Å². The number of H-pyrrole nitrogens is 1. The lowest BCUT2D eigenvalue weighted by molar-refractivity contribution is 0.584. The number of nitrogens with zero attached hydrogens (tertiary/aromatic N) is 3. The molecule has 7 heteroatoms. The Morgan fingerprint density at radius 3 is 2.77 bits per heavy atom. The van der Waals surface area contributed by atoms with E-state index in [2.05, 4.69) is 27.2 Å². The minimum absolute atomic E-state index is 0.190. The van der Waals surface area contributed by atoms with Crippen molar-refractivity contribution in [2.75, 3.05) is 11.9 Å². The molecule has 4 aromatic rings. The van der Waals surface area contributed by atoms with Crippen LogP contribution in [0.15, 0.2) is 41.5 Å². The van der Waals surface area contributed by atoms with E-state index in [1.54, 1.807) is 19.3 Å². The standard InChI is InChI=1S/C19H18FN5O/c1-3-8-21-17-12(11-4-7-15(20)23-9-11)5-6-13-16(17)18-14(10-22-13)25(2)19(26)24-18/h4-7,9-10,21H,3,8H2,1-2H3,(H,24,26). The first-order chi connectivity index (χ1) is 12.6. The monoisotopic (exact) mass is 351 g/mol. The summed E-state index contributed by atoms with van der Waals surface area (Å²) in [5, 5.41) is 4.29. The predicted octanol–water partition coefficient (Wildman–Crippen LogP) is 3.44. The van der Waals surface area contributed by atoms with Gasteiger partial charge in [0.2, 0.25) is 5.95 Å². The number of aryl methyl sites for hydroxylation is 1. The average Bonchev–Trinajstić information content (AvgIpc) is 2.94. The molecule has 1 aromatic carbocycles. The molecule has 0 aliphatic heterocycles. The first-order valence-electron chi connectivity index (χ1n) is 8.46. The number of hydrogen-bond donors (Lipinski definition) is 2. The lowest BCUT2D eigenvalue weighted by atomic mass is 10.0. The summed E-state index contributed by atoms with van der Waals surface area (Å²) in [5.74, 6) is -0.519. The number of aromatic nitrogens is 4. The maximum absolute atomic E-state index is 13.2. The highest BCUT2D eigenvalue weighted by Crippen LogP contribution is 2.36. The van der Waals surface area contributed by atoms with Crippen LogP contribution in [0.1, 0.15) is 13.3 Å². The van der Waals surface area contributed by atoms with Gasteiger partial charge in [0.05, 0.1) is 28.4 Å². The van der Waals surface area contributed by atoms with E-state index in [1.165, 1.54) is 16.8 Å². The van der Waals surface area contributed by atoms with Crippen molar-refractivity contribution < 1.29 is 4.39 Å². The molecule has 0 radical (unpaired) electrons. The van der Waals surface area contributed by atoms with Crippen LogP contribution in [0.5, 0.6) is 0 Å². The minimum Gasteiger partial charge on any atom is -0.384 e. The molecule has 26 heavy (non-hydrogen) atoms. The maximum atomic E-state index is 13.2. The van der Waals surface area contributed by atoms with Gasteiger partial charge in [-0.25, -0.2) is 9.78 Å². The highest BCUT2D eigenvalue weighted by atomic mass is 19.1. The Labute approximate surface area is 148 Å². The SMILES string of the molecule is CCCNc1c(-c2ccc(F)nc2)ccc2ncc3c([nH]c(=O)n3C)c12. The van der Waals surface area contributed by atoms with Crippen molar-refractivity contribution in [3.05, 3.63) is 53.1 Å². The Hall–Kier alpha value is -3.22. The minimum atomic E-state index is -0.519. The van der Waals surface area contributed by atoms with Crippen molar-refractivity contribution in [2.45, 2.75) is 13.3 Å². The van der Waals surface area contributed by atoms with Gasteiger partial charge < -0.3 is 10.3 Å². The molecule has 0 amide bonds. The summed E-state index contributed by atoms with van der Waals surface area (Å²) in [6.07, 6.45) is 4.14. The number of rotatable bonds is 4. The van der Waals surface area contributed by atoms with Gasteiger partial charge in [0.15, 0.2) is 0 Å². The zero-order valence-electron chi connectivity index (χ0n) is 14.5. The molecule has 0 saturated heterocycles. The molecule has 0 aliphatic rings. The number of hydrogen-bond acceptors (Lipinski definition) is 4. The van der Waals surface area contributed by atoms with E-state index in [9.17, 15) is 9.18 Å². The number of imidazole rings is 1. The Morgan fingerprint density at radius 2 is 2.04 bits per heavy atom. The quantitative estimate of drug-likeness (QED) is 0.552. The van der Waals surface area contributed by atoms with E-state index in [1.807, 2.05) is 12.1 Å². The van der Waals surface area contributed by atoms with Crippen molar-refractivity contribution in [2.24, 2.45) is 7.05 Å². The fourth-order valence-electron chi connectivity index (χ4n) is 3.17. The third-order valence-electron chi connectivity index (χ3n) is 4.50. The molecular weight excluding hydrogens is 333 g/mol. The summed E-state index contributed by atoms with van der Waals surface area (Å²) in [5.41, 5.74) is 4.59. The molecule has 6 nitrogen and oxygen atoms in total. The number of benzene rings is 1. The zero-order chi connectivity index (χ0) is 18.3. The van der Waals surface area contributed by atoms with E-state index >= 15 is 0 Å². The lowest BCUT2D eigenvalue weighted by Crippen LogP contribution is -2.11. The second kappa shape index (κ2) is 6.25. The molecular formula is C19H18FN5O. The van der Waals surface area contributed by atoms with Crippen molar-refractivity contribution in [3.8, 4) is 11.1 Å². The van der Waals surface area contributed by atoms with E-state index in [0.717, 1.165) is 51.7 Å². The predicted molar refractivity (Wildman–Crippen MR) is 101 cm³/mol. The molecule has 0 fully saturated rings. The van der Waals surface area contributed by atoms with Gasteiger partial charge in [-0.1, -0.05) is 13.0 Å². The Balaban J connectivity index is 2.09. The van der Waals surface area contributed by atoms with Crippen molar-refractivity contribution >= 4 is 27.6 Å². The second-order valence-electron chi connectivity index (χ2n) is 6.19. The highest BCUT2D eigenvalue weighted by Gasteiger charge is 2.16. The Kier molecular flexibility index (Phi) is 3.91. The van der Waals surface area contributed by atoms with Crippen molar-refractivity contribution in [3.63, 3.8) is 0 Å². The molecule has 0 aliphatic carbocycles. The molecule has 3 heterocycles. The van der Waals surface area contributed by atoms with Gasteiger partial charge >= 0.3 is 5.69 Å². The maximum Gasteiger partial charge on any atom is 0.326 e. The number of halogens is 1. The van der Waals surface area contributed by atoms with Crippen LogP contribution in [0.2, 0.25) is 0 Å². The molecule has 0 spiro atoms. The van der Waals surface area contributed by atoms with Gasteiger partial charge in [0, 0.05) is 36.3 Å². The van der Waals surface area contributed by atoms with Gasteiger partial charge in [0.25, 0.3) is 0 Å². The third kappa shape index (κ3) is 2.52. The van der Waals surface area contributed by atoms with Gasteiger partial charge in [0.1, 0.15) is 0 Å². The molecule has 3 aromatic heterocycles. The molecule has 0 bridgehead atoms. The first kappa shape index (κ1) is 16.3. The molecule has 0 unspecified atom stereocenters. The molecule has 0 atom stereocenters. The molecule has 2 N–H and O–H groups in total. The van der Waals surface area contributed by atoms with E-state index in [4.69, 9.17) is 0 Å². The normalized spacial score (nSPS) is 11.3. The topological polar surface area (TPSA) is 75.6 Å². The zero-order valence-corrected chi connectivity index (χ0v) is 14.5. The summed E-state index contributed by atoms with van der Waals surface area (Å²) in [7, 11) is 1.71. The van der Waals surface area contributed by atoms with Gasteiger partial charge in [-0.3, -0.25) is 9.55 Å². The van der Waals surface area contributed by atoms with Crippen LogP contribution in [0.25, 0.3) is 33.1 Å². The van der Waals surface area contributed by atoms with E-state index in [-0.39, 0.29) is 5.69 Å². The average molecular weight is 351 g/mol. The largest absolute Gasteiger partial charge is 0.384 e. The highest BCUT2D eigenvalue weighted by molar-refractivity contribution is 6.12. The number of pyridine rings is 2. The molecule has 0 saturated carbocycles. The van der Waals surface area contributed by atoms with Crippen LogP contribution < -0.4 is 11.0 Å². The van der Waals surface area contributed by atoms with Crippen molar-refractivity contribution in [1.82, 2.24) is 19.5 Å². The second-order valence-corrected chi connectivity index (χ2v) is 6.19. The van der Waals surface area contributed by atoms with Crippen molar-refractivity contribution in [1.29, 1.82) is 0 Å². The first-order valence-corrected chi connectivity index (χ1v) is 8.46. The summed E-state index contributed by atoms with van der Waals surface area (Å²) < 4.78 is 14.8. The van der Waals surface area contributed by atoms with Crippen LogP contribution in [0, 0.1) is 5.95 Å². The van der Waals surface area contributed by atoms with Crippen LogP contribution >= 0.6 is 0 Å². The number of fused-ring (bicyclic) bond motifs is 3. The van der Waals surface area contributed by atoms with Gasteiger partial charge in [-0.2, -0.15) is 4.39 Å². The number of nitrogens with one attached hydrogen (secondary N) is 2. The van der Waals surface area contributed by atoms with Crippen LogP contribution in [-0.2, 0) is 7.05 Å². The Bertz CT molecular complexity index is 1160. The Morgan fingerprint density at radius 1 is 1.19 bits per heavy atom. The van der Waals surface area contributed by atoms with Crippen LogP contribution in [-0.4, -0.2) is 26.1 Å². The summed E-state index contributed by atoms with van der Waals surface area (Å²) >= 11 is 0.